The molecule has 0 saturated heterocycles. The molecule has 0 radical (unpaired) electrons. The van der Waals surface area contributed by atoms with Gasteiger partial charge in [-0.15, -0.1) is 0 Å². The number of aryl methyl sites for hydroxylation is 1. The lowest BCUT2D eigenvalue weighted by molar-refractivity contribution is 0.119. The van der Waals surface area contributed by atoms with E-state index < -0.39 is 18.0 Å². The molecule has 1 atom stereocenters. The highest BCUT2D eigenvalue weighted by atomic mass is 79.9. The van der Waals surface area contributed by atoms with Gasteiger partial charge in [0.05, 0.1) is 0 Å². The molecule has 1 aromatic heterocycles. The van der Waals surface area contributed by atoms with Crippen molar-refractivity contribution in [2.75, 3.05) is 5.32 Å². The van der Waals surface area contributed by atoms with Gasteiger partial charge in [-0.3, -0.25) is 5.32 Å². The van der Waals surface area contributed by atoms with Crippen LogP contribution in [0.2, 0.25) is 0 Å². The SMILES string of the molecule is Cc1onc(-c2ccc(Br)cc2)c1NC(=O)O[C@H](C)c1ccccc1F. The molecule has 5 nitrogen and oxygen atoms in total. The molecule has 7 heteroatoms. The van der Waals surface area contributed by atoms with E-state index in [0.717, 1.165) is 10.0 Å². The van der Waals surface area contributed by atoms with Gasteiger partial charge in [-0.1, -0.05) is 51.4 Å². The van der Waals surface area contributed by atoms with Crippen LogP contribution >= 0.6 is 15.9 Å². The van der Waals surface area contributed by atoms with Gasteiger partial charge in [0.2, 0.25) is 0 Å². The lowest BCUT2D eigenvalue weighted by Crippen LogP contribution is -2.17. The van der Waals surface area contributed by atoms with Crippen LogP contribution in [0.1, 0.15) is 24.4 Å². The predicted molar refractivity (Wildman–Crippen MR) is 99.3 cm³/mol. The molecule has 0 spiro atoms. The van der Waals surface area contributed by atoms with Crippen LogP contribution in [0, 0.1) is 12.7 Å². The number of ether oxygens (including phenoxy) is 1. The third-order valence-electron chi connectivity index (χ3n) is 3.83. The maximum atomic E-state index is 13.8. The van der Waals surface area contributed by atoms with E-state index >= 15 is 0 Å². The van der Waals surface area contributed by atoms with E-state index in [1.54, 1.807) is 32.0 Å². The minimum absolute atomic E-state index is 0.304. The zero-order valence-corrected chi connectivity index (χ0v) is 15.7. The van der Waals surface area contributed by atoms with Crippen LogP contribution < -0.4 is 5.32 Å². The standard InChI is InChI=1S/C19H16BrFN2O3/c1-11(15-5-3-4-6-16(15)21)25-19(24)22-17-12(2)26-23-18(17)13-7-9-14(20)10-8-13/h3-11H,1-2H3,(H,22,24)/t11-/m1/s1. The van der Waals surface area contributed by atoms with E-state index in [2.05, 4.69) is 26.4 Å². The summed E-state index contributed by atoms with van der Waals surface area (Å²) >= 11 is 3.37. The van der Waals surface area contributed by atoms with Crippen LogP contribution in [0.15, 0.2) is 57.5 Å². The maximum absolute atomic E-state index is 13.8. The van der Waals surface area contributed by atoms with Gasteiger partial charge in [-0.05, 0) is 32.0 Å². The highest BCUT2D eigenvalue weighted by Gasteiger charge is 2.20. The fourth-order valence-electron chi connectivity index (χ4n) is 2.48. The molecule has 1 amide bonds. The lowest BCUT2D eigenvalue weighted by atomic mass is 10.1. The Bertz CT molecular complexity index is 925. The van der Waals surface area contributed by atoms with Crippen molar-refractivity contribution in [3.63, 3.8) is 0 Å². The van der Waals surface area contributed by atoms with Gasteiger partial charge in [0, 0.05) is 15.6 Å². The Labute approximate surface area is 158 Å². The quantitative estimate of drug-likeness (QED) is 0.575. The van der Waals surface area contributed by atoms with Gasteiger partial charge in [0.15, 0.2) is 5.76 Å². The number of hydrogen-bond acceptors (Lipinski definition) is 4. The summed E-state index contributed by atoms with van der Waals surface area (Å²) in [7, 11) is 0. The number of carbonyl (C=O) groups excluding carboxylic acids is 1. The van der Waals surface area contributed by atoms with E-state index in [-0.39, 0.29) is 0 Å². The molecular formula is C19H16BrFN2O3. The lowest BCUT2D eigenvalue weighted by Gasteiger charge is -2.15. The Kier molecular flexibility index (Phi) is 5.37. The maximum Gasteiger partial charge on any atom is 0.412 e. The molecular weight excluding hydrogens is 403 g/mol. The average Bonchev–Trinajstić information content (AvgIpc) is 2.96. The molecule has 3 aromatic rings. The van der Waals surface area contributed by atoms with E-state index in [0.29, 0.717) is 22.7 Å². The molecule has 0 unspecified atom stereocenters. The molecule has 26 heavy (non-hydrogen) atoms. The first-order valence-electron chi connectivity index (χ1n) is 7.90. The summed E-state index contributed by atoms with van der Waals surface area (Å²) < 4.78 is 25.2. The number of rotatable bonds is 4. The van der Waals surface area contributed by atoms with Gasteiger partial charge in [0.1, 0.15) is 23.3 Å². The van der Waals surface area contributed by atoms with Crippen molar-refractivity contribution in [2.24, 2.45) is 0 Å². The van der Waals surface area contributed by atoms with Gasteiger partial charge < -0.3 is 9.26 Å². The largest absolute Gasteiger partial charge is 0.441 e. The average molecular weight is 419 g/mol. The van der Waals surface area contributed by atoms with Gasteiger partial charge in [0.25, 0.3) is 0 Å². The first kappa shape index (κ1) is 18.1. The van der Waals surface area contributed by atoms with Gasteiger partial charge >= 0.3 is 6.09 Å². The van der Waals surface area contributed by atoms with Crippen molar-refractivity contribution < 1.29 is 18.4 Å². The van der Waals surface area contributed by atoms with Crippen molar-refractivity contribution in [3.8, 4) is 11.3 Å². The van der Waals surface area contributed by atoms with Gasteiger partial charge in [-0.2, -0.15) is 0 Å². The number of aromatic nitrogens is 1. The fraction of sp³-hybridized carbons (Fsp3) is 0.158. The summed E-state index contributed by atoms with van der Waals surface area (Å²) in [6, 6.07) is 13.6. The van der Waals surface area contributed by atoms with Crippen molar-refractivity contribution >= 4 is 27.7 Å². The summed E-state index contributed by atoms with van der Waals surface area (Å²) in [6.45, 7) is 3.29. The number of anilines is 1. The Morgan fingerprint density at radius 3 is 2.62 bits per heavy atom. The zero-order chi connectivity index (χ0) is 18.7. The number of nitrogens with zero attached hydrogens (tertiary/aromatic N) is 1. The highest BCUT2D eigenvalue weighted by molar-refractivity contribution is 9.10. The predicted octanol–water partition coefficient (Wildman–Crippen LogP) is 5.86. The summed E-state index contributed by atoms with van der Waals surface area (Å²) in [5.74, 6) is 0.0166. The molecule has 134 valence electrons. The Morgan fingerprint density at radius 1 is 1.23 bits per heavy atom. The van der Waals surface area contributed by atoms with Gasteiger partial charge in [-0.25, -0.2) is 9.18 Å². The molecule has 1 N–H and O–H groups in total. The van der Waals surface area contributed by atoms with Crippen LogP contribution in [0.4, 0.5) is 14.9 Å². The number of amides is 1. The first-order chi connectivity index (χ1) is 12.5. The summed E-state index contributed by atoms with van der Waals surface area (Å²) in [5.41, 5.74) is 1.99. The Morgan fingerprint density at radius 2 is 1.92 bits per heavy atom. The number of benzene rings is 2. The normalized spacial score (nSPS) is 11.8. The molecule has 0 fully saturated rings. The summed E-state index contributed by atoms with van der Waals surface area (Å²) in [5, 5.41) is 6.64. The smallest absolute Gasteiger partial charge is 0.412 e. The minimum Gasteiger partial charge on any atom is -0.441 e. The molecule has 1 heterocycles. The zero-order valence-electron chi connectivity index (χ0n) is 14.1. The summed E-state index contributed by atoms with van der Waals surface area (Å²) in [4.78, 5) is 12.3. The van der Waals surface area contributed by atoms with Crippen molar-refractivity contribution in [2.45, 2.75) is 20.0 Å². The third kappa shape index (κ3) is 3.94. The number of carbonyl (C=O) groups is 1. The molecule has 0 aliphatic carbocycles. The second kappa shape index (κ2) is 7.70. The number of halogens is 2. The monoisotopic (exact) mass is 418 g/mol. The molecule has 0 aliphatic rings. The second-order valence-electron chi connectivity index (χ2n) is 5.66. The second-order valence-corrected chi connectivity index (χ2v) is 6.58. The molecule has 0 aliphatic heterocycles. The third-order valence-corrected chi connectivity index (χ3v) is 4.36. The molecule has 0 bridgehead atoms. The van der Waals surface area contributed by atoms with E-state index in [1.807, 2.05) is 24.3 Å². The molecule has 2 aromatic carbocycles. The van der Waals surface area contributed by atoms with Crippen LogP contribution in [0.5, 0.6) is 0 Å². The van der Waals surface area contributed by atoms with Crippen LogP contribution in [-0.2, 0) is 4.74 Å². The highest BCUT2D eigenvalue weighted by Crippen LogP contribution is 2.31. The van der Waals surface area contributed by atoms with Crippen molar-refractivity contribution in [1.82, 2.24) is 5.16 Å². The minimum atomic E-state index is -0.743. The van der Waals surface area contributed by atoms with E-state index in [4.69, 9.17) is 9.26 Å². The summed E-state index contributed by atoms with van der Waals surface area (Å²) in [6.07, 6.45) is -1.46. The van der Waals surface area contributed by atoms with E-state index in [9.17, 15) is 9.18 Å². The van der Waals surface area contributed by atoms with Crippen molar-refractivity contribution in [3.05, 3.63) is 70.1 Å². The fourth-order valence-corrected chi connectivity index (χ4v) is 2.75. The van der Waals surface area contributed by atoms with Crippen LogP contribution in [-0.4, -0.2) is 11.2 Å². The number of hydrogen-bond donors (Lipinski definition) is 1. The Balaban J connectivity index is 1.77. The number of nitrogens with one attached hydrogen (secondary N) is 1. The van der Waals surface area contributed by atoms with Crippen LogP contribution in [0.25, 0.3) is 11.3 Å². The topological polar surface area (TPSA) is 64.4 Å². The van der Waals surface area contributed by atoms with Crippen LogP contribution in [0.3, 0.4) is 0 Å². The molecule has 3 rings (SSSR count). The first-order valence-corrected chi connectivity index (χ1v) is 8.69. The molecule has 0 saturated carbocycles. The Hall–Kier alpha value is -2.67. The van der Waals surface area contributed by atoms with E-state index in [1.165, 1.54) is 6.07 Å². The van der Waals surface area contributed by atoms with Crippen molar-refractivity contribution in [1.29, 1.82) is 0 Å².